The lowest BCUT2D eigenvalue weighted by Gasteiger charge is -2.27. The summed E-state index contributed by atoms with van der Waals surface area (Å²) in [5, 5.41) is 14.0. The van der Waals surface area contributed by atoms with E-state index >= 15 is 0 Å². The minimum atomic E-state index is -1.27. The van der Waals surface area contributed by atoms with E-state index in [0.29, 0.717) is 12.7 Å². The second kappa shape index (κ2) is 7.38. The Morgan fingerprint density at radius 1 is 1.18 bits per heavy atom. The molecule has 1 aliphatic carbocycles. The molecule has 2 amide bonds. The molecular weight excluding hydrogens is 288 g/mol. The fraction of sp³-hybridized carbons (Fsp3) is 0.733. The molecule has 0 aromatic carbocycles. The van der Waals surface area contributed by atoms with Gasteiger partial charge in [-0.1, -0.05) is 20.8 Å². The highest BCUT2D eigenvalue weighted by Crippen LogP contribution is 2.29. The number of carbonyl (C=O) groups excluding carboxylic acids is 3. The van der Waals surface area contributed by atoms with Crippen LogP contribution < -0.4 is 10.6 Å². The van der Waals surface area contributed by atoms with Crippen LogP contribution in [0.1, 0.15) is 46.5 Å². The fourth-order valence-electron chi connectivity index (χ4n) is 2.05. The molecule has 0 spiro atoms. The van der Waals surface area contributed by atoms with Crippen molar-refractivity contribution in [1.29, 1.82) is 0 Å². The number of carboxylic acids is 1. The maximum Gasteiger partial charge on any atom is 0.326 e. The first-order valence-electron chi connectivity index (χ1n) is 7.41. The van der Waals surface area contributed by atoms with Gasteiger partial charge in [0.2, 0.25) is 11.8 Å². The highest BCUT2D eigenvalue weighted by molar-refractivity contribution is 5.92. The van der Waals surface area contributed by atoms with E-state index in [1.807, 2.05) is 20.8 Å². The third kappa shape index (κ3) is 6.24. The third-order valence-corrected chi connectivity index (χ3v) is 3.34. The Morgan fingerprint density at radius 2 is 1.77 bits per heavy atom. The second-order valence-corrected chi connectivity index (χ2v) is 6.90. The Kier molecular flexibility index (Phi) is 6.08. The molecular formula is C15H24N2O5. The molecule has 7 nitrogen and oxygen atoms in total. The van der Waals surface area contributed by atoms with E-state index in [4.69, 9.17) is 5.11 Å². The summed E-state index contributed by atoms with van der Waals surface area (Å²) in [6, 6.07) is -2.08. The molecule has 1 saturated carbocycles. The summed E-state index contributed by atoms with van der Waals surface area (Å²) in [5.74, 6) is -2.06. The predicted octanol–water partition coefficient (Wildman–Crippen LogP) is 0.476. The van der Waals surface area contributed by atoms with Crippen molar-refractivity contribution in [3.05, 3.63) is 0 Å². The van der Waals surface area contributed by atoms with Crippen molar-refractivity contribution in [2.45, 2.75) is 58.5 Å². The topological polar surface area (TPSA) is 113 Å². The molecule has 0 heterocycles. The zero-order valence-corrected chi connectivity index (χ0v) is 13.2. The summed E-state index contributed by atoms with van der Waals surface area (Å²) in [4.78, 5) is 45.7. The van der Waals surface area contributed by atoms with E-state index in [2.05, 4.69) is 10.6 Å². The van der Waals surface area contributed by atoms with E-state index < -0.39 is 24.0 Å². The molecule has 0 radical (unpaired) electrons. The van der Waals surface area contributed by atoms with Crippen LogP contribution in [0, 0.1) is 11.3 Å². The quantitative estimate of drug-likeness (QED) is 0.564. The van der Waals surface area contributed by atoms with Crippen LogP contribution in [-0.4, -0.2) is 41.3 Å². The number of hydrogen-bond acceptors (Lipinski definition) is 4. The summed E-state index contributed by atoms with van der Waals surface area (Å²) in [6.45, 7) is 5.78. The first kappa shape index (κ1) is 18.1. The van der Waals surface area contributed by atoms with Crippen molar-refractivity contribution < 1.29 is 24.3 Å². The van der Waals surface area contributed by atoms with Crippen LogP contribution >= 0.6 is 0 Å². The van der Waals surface area contributed by atoms with Gasteiger partial charge in [0.15, 0.2) is 0 Å². The Labute approximate surface area is 129 Å². The van der Waals surface area contributed by atoms with E-state index in [1.165, 1.54) is 0 Å². The molecule has 1 rings (SSSR count). The smallest absolute Gasteiger partial charge is 0.326 e. The molecule has 3 N–H and O–H groups in total. The van der Waals surface area contributed by atoms with Gasteiger partial charge in [-0.05, 0) is 24.7 Å². The van der Waals surface area contributed by atoms with Crippen molar-refractivity contribution in [2.24, 2.45) is 11.3 Å². The van der Waals surface area contributed by atoms with Crippen molar-refractivity contribution in [2.75, 3.05) is 0 Å². The molecule has 1 fully saturated rings. The summed E-state index contributed by atoms with van der Waals surface area (Å²) in [7, 11) is 0. The number of aldehydes is 1. The third-order valence-electron chi connectivity index (χ3n) is 3.34. The molecule has 0 saturated heterocycles. The molecule has 7 heteroatoms. The van der Waals surface area contributed by atoms with E-state index in [9.17, 15) is 19.2 Å². The van der Waals surface area contributed by atoms with Crippen LogP contribution in [-0.2, 0) is 19.2 Å². The molecule has 2 atom stereocenters. The average molecular weight is 312 g/mol. The van der Waals surface area contributed by atoms with Crippen LogP contribution in [0.5, 0.6) is 0 Å². The number of nitrogens with one attached hydrogen (secondary N) is 2. The van der Waals surface area contributed by atoms with Gasteiger partial charge in [-0.15, -0.1) is 0 Å². The maximum atomic E-state index is 12.3. The number of hydrogen-bond donors (Lipinski definition) is 3. The van der Waals surface area contributed by atoms with Gasteiger partial charge in [-0.2, -0.15) is 0 Å². The number of rotatable bonds is 8. The van der Waals surface area contributed by atoms with Crippen LogP contribution in [0.15, 0.2) is 0 Å². The van der Waals surface area contributed by atoms with Gasteiger partial charge >= 0.3 is 5.97 Å². The van der Waals surface area contributed by atoms with Crippen LogP contribution in [0.4, 0.5) is 0 Å². The van der Waals surface area contributed by atoms with Gasteiger partial charge in [0, 0.05) is 12.3 Å². The Morgan fingerprint density at radius 3 is 2.18 bits per heavy atom. The second-order valence-electron chi connectivity index (χ2n) is 6.90. The minimum absolute atomic E-state index is 0.0412. The monoisotopic (exact) mass is 312 g/mol. The van der Waals surface area contributed by atoms with Crippen LogP contribution in [0.25, 0.3) is 0 Å². The van der Waals surface area contributed by atoms with Crippen LogP contribution in [0.2, 0.25) is 0 Å². The number of aliphatic carboxylic acids is 1. The number of carboxylic acid groups (broad SMARTS) is 1. The molecule has 0 aliphatic heterocycles. The molecule has 124 valence electrons. The van der Waals surface area contributed by atoms with Crippen molar-refractivity contribution in [3.63, 3.8) is 0 Å². The minimum Gasteiger partial charge on any atom is -0.480 e. The molecule has 0 aromatic heterocycles. The standard InChI is InChI=1S/C15H24N2O5/c1-15(2,3)8-11(17-12(19)9-4-5-9)13(20)16-10(6-7-18)14(21)22/h7,9-11H,4-6,8H2,1-3H3,(H,16,20)(H,17,19)(H,21,22). The molecule has 0 bridgehead atoms. The first-order valence-corrected chi connectivity index (χ1v) is 7.41. The lowest BCUT2D eigenvalue weighted by atomic mass is 9.87. The SMILES string of the molecule is CC(C)(C)CC(NC(=O)C1CC1)C(=O)NC(CC=O)C(=O)O. The van der Waals surface area contributed by atoms with Crippen LogP contribution in [0.3, 0.4) is 0 Å². The predicted molar refractivity (Wildman–Crippen MR) is 79.0 cm³/mol. The van der Waals surface area contributed by atoms with Gasteiger partial charge in [-0.25, -0.2) is 4.79 Å². The molecule has 22 heavy (non-hydrogen) atoms. The maximum absolute atomic E-state index is 12.3. The molecule has 0 aromatic rings. The summed E-state index contributed by atoms with van der Waals surface area (Å²) < 4.78 is 0. The van der Waals surface area contributed by atoms with Crippen molar-refractivity contribution in [1.82, 2.24) is 10.6 Å². The van der Waals surface area contributed by atoms with Crippen molar-refractivity contribution >= 4 is 24.1 Å². The van der Waals surface area contributed by atoms with Gasteiger partial charge in [0.1, 0.15) is 18.4 Å². The Bertz CT molecular complexity index is 451. The summed E-state index contributed by atoms with van der Waals surface area (Å²) >= 11 is 0. The fourth-order valence-corrected chi connectivity index (χ4v) is 2.05. The van der Waals surface area contributed by atoms with Gasteiger partial charge in [0.25, 0.3) is 0 Å². The van der Waals surface area contributed by atoms with E-state index in [1.54, 1.807) is 0 Å². The largest absolute Gasteiger partial charge is 0.480 e. The van der Waals surface area contributed by atoms with Gasteiger partial charge in [-0.3, -0.25) is 9.59 Å². The zero-order valence-electron chi connectivity index (χ0n) is 13.2. The summed E-state index contributed by atoms with van der Waals surface area (Å²) in [5.41, 5.74) is -0.220. The first-order chi connectivity index (χ1) is 10.1. The normalized spacial score (nSPS) is 17.2. The lowest BCUT2D eigenvalue weighted by Crippen LogP contribution is -2.53. The van der Waals surface area contributed by atoms with E-state index in [0.717, 1.165) is 12.8 Å². The Hall–Kier alpha value is -1.92. The molecule has 2 unspecified atom stereocenters. The van der Waals surface area contributed by atoms with Gasteiger partial charge < -0.3 is 20.5 Å². The number of amides is 2. The van der Waals surface area contributed by atoms with Gasteiger partial charge in [0.05, 0.1) is 0 Å². The Balaban J connectivity index is 2.74. The molecule has 1 aliphatic rings. The number of carbonyl (C=O) groups is 4. The van der Waals surface area contributed by atoms with Crippen molar-refractivity contribution in [3.8, 4) is 0 Å². The highest BCUT2D eigenvalue weighted by atomic mass is 16.4. The lowest BCUT2D eigenvalue weighted by molar-refractivity contribution is -0.143. The zero-order chi connectivity index (χ0) is 16.9. The average Bonchev–Trinajstić information content (AvgIpc) is 3.19. The highest BCUT2D eigenvalue weighted by Gasteiger charge is 2.35. The summed E-state index contributed by atoms with van der Waals surface area (Å²) in [6.07, 6.45) is 2.16. The van der Waals surface area contributed by atoms with E-state index in [-0.39, 0.29) is 23.7 Å².